The summed E-state index contributed by atoms with van der Waals surface area (Å²) < 4.78 is 0. The Morgan fingerprint density at radius 1 is 1.22 bits per heavy atom. The van der Waals surface area contributed by atoms with Crippen molar-refractivity contribution in [1.82, 2.24) is 0 Å². The summed E-state index contributed by atoms with van der Waals surface area (Å²) in [7, 11) is 2.06. The molecule has 0 radical (unpaired) electrons. The van der Waals surface area contributed by atoms with Gasteiger partial charge in [-0.05, 0) is 54.5 Å². The second-order valence-corrected chi connectivity index (χ2v) is 6.70. The number of hydrogen-bond acceptors (Lipinski definition) is 3. The normalized spacial score (nSPS) is 18.4. The zero-order chi connectivity index (χ0) is 17.2. The molecule has 2 rings (SSSR count). The van der Waals surface area contributed by atoms with Crippen molar-refractivity contribution in [2.24, 2.45) is 5.41 Å². The Balaban J connectivity index is 2.59. The molecule has 1 aromatic carbocycles. The Bertz CT molecular complexity index is 750. The Labute approximate surface area is 139 Å². The Hall–Kier alpha value is -2.52. The van der Waals surface area contributed by atoms with Crippen molar-refractivity contribution in [1.29, 1.82) is 10.5 Å². The number of rotatable bonds is 3. The van der Waals surface area contributed by atoms with Gasteiger partial charge in [-0.25, -0.2) is 0 Å². The van der Waals surface area contributed by atoms with Crippen LogP contribution in [0.15, 0.2) is 41.0 Å². The molecule has 0 saturated carbocycles. The topological polar surface area (TPSA) is 50.8 Å². The van der Waals surface area contributed by atoms with Crippen molar-refractivity contribution in [3.63, 3.8) is 0 Å². The Kier molecular flexibility index (Phi) is 4.62. The van der Waals surface area contributed by atoms with Gasteiger partial charge >= 0.3 is 0 Å². The van der Waals surface area contributed by atoms with Crippen LogP contribution in [-0.2, 0) is 0 Å². The van der Waals surface area contributed by atoms with Gasteiger partial charge in [0.2, 0.25) is 0 Å². The van der Waals surface area contributed by atoms with Gasteiger partial charge in [0.1, 0.15) is 0 Å². The van der Waals surface area contributed by atoms with E-state index in [1.54, 1.807) is 6.92 Å². The van der Waals surface area contributed by atoms with E-state index in [2.05, 4.69) is 69.1 Å². The smallest absolute Gasteiger partial charge is 0.0998 e. The first kappa shape index (κ1) is 16.8. The van der Waals surface area contributed by atoms with E-state index in [0.29, 0.717) is 11.1 Å². The summed E-state index contributed by atoms with van der Waals surface area (Å²) in [5.41, 5.74) is 5.35. The van der Waals surface area contributed by atoms with Gasteiger partial charge in [0, 0.05) is 24.9 Å². The minimum Gasteiger partial charge on any atom is -0.375 e. The Morgan fingerprint density at radius 2 is 1.83 bits per heavy atom. The fraction of sp³-hybridized carbons (Fsp3) is 0.400. The van der Waals surface area contributed by atoms with E-state index in [-0.39, 0.29) is 5.41 Å². The van der Waals surface area contributed by atoms with E-state index >= 15 is 0 Å². The van der Waals surface area contributed by atoms with Crippen LogP contribution in [0.25, 0.3) is 5.57 Å². The van der Waals surface area contributed by atoms with Gasteiger partial charge in [-0.1, -0.05) is 26.0 Å². The lowest BCUT2D eigenvalue weighted by Crippen LogP contribution is -2.15. The zero-order valence-corrected chi connectivity index (χ0v) is 14.6. The van der Waals surface area contributed by atoms with Gasteiger partial charge in [0.15, 0.2) is 0 Å². The number of anilines is 1. The van der Waals surface area contributed by atoms with Crippen LogP contribution in [-0.4, -0.2) is 13.6 Å². The number of nitrogens with zero attached hydrogens (tertiary/aromatic N) is 3. The molecule has 1 aromatic rings. The van der Waals surface area contributed by atoms with E-state index in [9.17, 15) is 10.5 Å². The zero-order valence-electron chi connectivity index (χ0n) is 14.6. The second kappa shape index (κ2) is 6.31. The summed E-state index contributed by atoms with van der Waals surface area (Å²) in [4.78, 5) is 2.17. The van der Waals surface area contributed by atoms with Crippen molar-refractivity contribution in [3.05, 3.63) is 46.5 Å². The molecule has 0 atom stereocenters. The van der Waals surface area contributed by atoms with Gasteiger partial charge in [-0.2, -0.15) is 10.5 Å². The first-order valence-electron chi connectivity index (χ1n) is 7.92. The maximum Gasteiger partial charge on any atom is 0.0998 e. The average molecular weight is 305 g/mol. The van der Waals surface area contributed by atoms with Gasteiger partial charge in [0.25, 0.3) is 0 Å². The first-order valence-corrected chi connectivity index (χ1v) is 7.92. The van der Waals surface area contributed by atoms with Crippen LogP contribution in [0.3, 0.4) is 0 Å². The Morgan fingerprint density at radius 3 is 2.30 bits per heavy atom. The monoisotopic (exact) mass is 305 g/mol. The highest BCUT2D eigenvalue weighted by atomic mass is 15.1. The summed E-state index contributed by atoms with van der Waals surface area (Å²) in [6, 6.07) is 12.9. The van der Waals surface area contributed by atoms with Crippen LogP contribution in [0.2, 0.25) is 0 Å². The molecule has 0 aromatic heterocycles. The van der Waals surface area contributed by atoms with Crippen LogP contribution in [0.5, 0.6) is 0 Å². The van der Waals surface area contributed by atoms with Crippen molar-refractivity contribution in [2.75, 3.05) is 18.5 Å². The van der Waals surface area contributed by atoms with Crippen molar-refractivity contribution < 1.29 is 0 Å². The third kappa shape index (κ3) is 3.01. The molecule has 0 fully saturated rings. The molecule has 0 heterocycles. The van der Waals surface area contributed by atoms with Gasteiger partial charge < -0.3 is 4.90 Å². The highest BCUT2D eigenvalue weighted by Gasteiger charge is 2.37. The lowest BCUT2D eigenvalue weighted by molar-refractivity contribution is 0.517. The quantitative estimate of drug-likeness (QED) is 0.761. The van der Waals surface area contributed by atoms with E-state index in [4.69, 9.17) is 0 Å². The molecule has 3 heteroatoms. The molecule has 0 N–H and O–H groups in total. The molecule has 118 valence electrons. The molecule has 0 spiro atoms. The van der Waals surface area contributed by atoms with Crippen LogP contribution < -0.4 is 4.90 Å². The maximum absolute atomic E-state index is 9.67. The summed E-state index contributed by atoms with van der Waals surface area (Å²) in [6.45, 7) is 9.15. The van der Waals surface area contributed by atoms with Gasteiger partial charge in [-0.3, -0.25) is 0 Å². The third-order valence-electron chi connectivity index (χ3n) is 4.65. The summed E-state index contributed by atoms with van der Waals surface area (Å²) in [5.74, 6) is 0. The standard InChI is InChI=1S/C20H23N3/c1-6-23(5)16-9-7-15(8-10-16)19-18(13-22)17(14(2)12-21)11-20(19,3)4/h7-10H,6,11H2,1-5H3/b17-14-. The fourth-order valence-corrected chi connectivity index (χ4v) is 3.22. The molecule has 23 heavy (non-hydrogen) atoms. The lowest BCUT2D eigenvalue weighted by atomic mass is 9.81. The number of benzene rings is 1. The fourth-order valence-electron chi connectivity index (χ4n) is 3.22. The van der Waals surface area contributed by atoms with Crippen molar-refractivity contribution in [3.8, 4) is 12.1 Å². The minimum absolute atomic E-state index is 0.142. The second-order valence-electron chi connectivity index (χ2n) is 6.70. The molecule has 3 nitrogen and oxygen atoms in total. The molecule has 0 saturated heterocycles. The van der Waals surface area contributed by atoms with Crippen molar-refractivity contribution >= 4 is 11.3 Å². The summed E-state index contributed by atoms with van der Waals surface area (Å²) >= 11 is 0. The predicted molar refractivity (Wildman–Crippen MR) is 94.6 cm³/mol. The SMILES string of the molecule is CCN(C)c1ccc(C2=C(C#N)/C(=C(/C)C#N)CC2(C)C)cc1. The highest BCUT2D eigenvalue weighted by Crippen LogP contribution is 2.51. The van der Waals surface area contributed by atoms with Crippen LogP contribution in [0.1, 0.15) is 39.7 Å². The molecular formula is C20H23N3. The number of nitriles is 2. The largest absolute Gasteiger partial charge is 0.375 e. The van der Waals surface area contributed by atoms with Gasteiger partial charge in [0.05, 0.1) is 17.7 Å². The maximum atomic E-state index is 9.67. The lowest BCUT2D eigenvalue weighted by Gasteiger charge is -2.23. The summed E-state index contributed by atoms with van der Waals surface area (Å²) in [6.07, 6.45) is 0.737. The molecule has 1 aliphatic carbocycles. The third-order valence-corrected chi connectivity index (χ3v) is 4.65. The molecule has 0 amide bonds. The molecule has 0 aliphatic heterocycles. The van der Waals surface area contributed by atoms with Crippen LogP contribution >= 0.6 is 0 Å². The number of hydrogen-bond donors (Lipinski definition) is 0. The average Bonchev–Trinajstić information content (AvgIpc) is 2.84. The first-order chi connectivity index (χ1) is 10.9. The molecule has 0 unspecified atom stereocenters. The molecular weight excluding hydrogens is 282 g/mol. The van der Waals surface area contributed by atoms with Gasteiger partial charge in [-0.15, -0.1) is 0 Å². The predicted octanol–water partition coefficient (Wildman–Crippen LogP) is 4.69. The highest BCUT2D eigenvalue weighted by molar-refractivity contribution is 5.84. The van der Waals surface area contributed by atoms with E-state index in [1.165, 1.54) is 0 Å². The van der Waals surface area contributed by atoms with E-state index in [0.717, 1.165) is 35.4 Å². The van der Waals surface area contributed by atoms with Crippen LogP contribution in [0, 0.1) is 28.1 Å². The molecule has 1 aliphatic rings. The van der Waals surface area contributed by atoms with E-state index < -0.39 is 0 Å². The molecule has 0 bridgehead atoms. The van der Waals surface area contributed by atoms with E-state index in [1.807, 2.05) is 0 Å². The minimum atomic E-state index is -0.142. The summed E-state index contributed by atoms with van der Waals surface area (Å²) in [5, 5.41) is 18.9. The van der Waals surface area contributed by atoms with Crippen LogP contribution in [0.4, 0.5) is 5.69 Å². The number of allylic oxidation sites excluding steroid dienone is 4. The van der Waals surface area contributed by atoms with Crippen molar-refractivity contribution in [2.45, 2.75) is 34.1 Å².